The normalized spacial score (nSPS) is 20.7. The monoisotopic (exact) mass is 495 g/mol. The summed E-state index contributed by atoms with van der Waals surface area (Å²) < 4.78 is 32.5. The van der Waals surface area contributed by atoms with Crippen molar-refractivity contribution in [2.75, 3.05) is 26.7 Å². The molecule has 0 spiro atoms. The molecule has 2 N–H and O–H groups in total. The number of hydrogen-bond donors (Lipinski definition) is 2. The molecule has 154 valence electrons. The van der Waals surface area contributed by atoms with Crippen LogP contribution in [0.15, 0.2) is 23.2 Å². The minimum Gasteiger partial charge on any atom is -0.377 e. The van der Waals surface area contributed by atoms with Gasteiger partial charge in [-0.15, -0.1) is 24.0 Å². The number of ether oxygens (including phenoxy) is 1. The highest BCUT2D eigenvalue weighted by Crippen LogP contribution is 2.33. The van der Waals surface area contributed by atoms with Gasteiger partial charge in [-0.3, -0.25) is 4.99 Å². The Hall–Kier alpha value is -0.960. The van der Waals surface area contributed by atoms with Crippen LogP contribution < -0.4 is 10.6 Å². The molecule has 1 fully saturated rings. The minimum atomic E-state index is -0.548. The van der Waals surface area contributed by atoms with E-state index in [1.165, 1.54) is 12.1 Å². The highest BCUT2D eigenvalue weighted by Gasteiger charge is 2.35. The Morgan fingerprint density at radius 1 is 1.19 bits per heavy atom. The summed E-state index contributed by atoms with van der Waals surface area (Å²) >= 11 is 0. The smallest absolute Gasteiger partial charge is 0.190 e. The number of halogens is 3. The van der Waals surface area contributed by atoms with Crippen LogP contribution in [0, 0.1) is 23.0 Å². The van der Waals surface area contributed by atoms with Crippen molar-refractivity contribution in [3.63, 3.8) is 0 Å². The van der Waals surface area contributed by atoms with Crippen LogP contribution in [-0.2, 0) is 11.2 Å². The molecule has 0 aliphatic carbocycles. The number of benzene rings is 1. The maximum Gasteiger partial charge on any atom is 0.190 e. The van der Waals surface area contributed by atoms with Crippen molar-refractivity contribution in [2.24, 2.45) is 16.3 Å². The van der Waals surface area contributed by atoms with Crippen LogP contribution in [0.25, 0.3) is 0 Å². The predicted octanol–water partition coefficient (Wildman–Crippen LogP) is 4.13. The van der Waals surface area contributed by atoms with Crippen LogP contribution in [0.1, 0.15) is 39.2 Å². The lowest BCUT2D eigenvalue weighted by Crippen LogP contribution is -2.47. The molecular formula is C20H32F2IN3O. The third-order valence-electron chi connectivity index (χ3n) is 4.68. The van der Waals surface area contributed by atoms with Crippen molar-refractivity contribution in [2.45, 2.75) is 46.1 Å². The maximum atomic E-state index is 13.2. The molecule has 1 aliphatic heterocycles. The number of rotatable bonds is 5. The molecule has 2 unspecified atom stereocenters. The van der Waals surface area contributed by atoms with Crippen molar-refractivity contribution in [3.05, 3.63) is 35.4 Å². The molecule has 2 atom stereocenters. The van der Waals surface area contributed by atoms with Gasteiger partial charge in [0.25, 0.3) is 0 Å². The summed E-state index contributed by atoms with van der Waals surface area (Å²) in [5.74, 6) is 0.0285. The Labute approximate surface area is 178 Å². The first kappa shape index (κ1) is 24.1. The fourth-order valence-electron chi connectivity index (χ4n) is 3.54. The molecule has 2 rings (SSSR count). The first-order chi connectivity index (χ1) is 12.3. The van der Waals surface area contributed by atoms with Crippen molar-refractivity contribution in [1.29, 1.82) is 0 Å². The molecule has 0 amide bonds. The largest absolute Gasteiger partial charge is 0.377 e. The predicted molar refractivity (Wildman–Crippen MR) is 117 cm³/mol. The fraction of sp³-hybridized carbons (Fsp3) is 0.650. The van der Waals surface area contributed by atoms with E-state index >= 15 is 0 Å². The highest BCUT2D eigenvalue weighted by atomic mass is 127. The first-order valence-corrected chi connectivity index (χ1v) is 9.30. The van der Waals surface area contributed by atoms with Crippen LogP contribution in [0.4, 0.5) is 8.78 Å². The van der Waals surface area contributed by atoms with Gasteiger partial charge in [-0.1, -0.05) is 20.8 Å². The Morgan fingerprint density at radius 3 is 2.44 bits per heavy atom. The van der Waals surface area contributed by atoms with Gasteiger partial charge in [0.15, 0.2) is 5.96 Å². The van der Waals surface area contributed by atoms with Crippen molar-refractivity contribution in [3.8, 4) is 0 Å². The van der Waals surface area contributed by atoms with Gasteiger partial charge in [0.1, 0.15) is 11.6 Å². The molecule has 4 nitrogen and oxygen atoms in total. The van der Waals surface area contributed by atoms with Gasteiger partial charge in [-0.25, -0.2) is 8.78 Å². The van der Waals surface area contributed by atoms with Crippen molar-refractivity contribution >= 4 is 29.9 Å². The van der Waals surface area contributed by atoms with Crippen LogP contribution in [0.3, 0.4) is 0 Å². The van der Waals surface area contributed by atoms with E-state index in [2.05, 4.69) is 36.4 Å². The zero-order valence-corrected chi connectivity index (χ0v) is 19.0. The average molecular weight is 495 g/mol. The maximum absolute atomic E-state index is 13.2. The third-order valence-corrected chi connectivity index (χ3v) is 4.68. The Balaban J connectivity index is 0.00000364. The molecule has 1 aromatic carbocycles. The zero-order valence-electron chi connectivity index (χ0n) is 16.6. The molecule has 0 radical (unpaired) electrons. The topological polar surface area (TPSA) is 45.7 Å². The minimum absolute atomic E-state index is 0. The summed E-state index contributed by atoms with van der Waals surface area (Å²) in [5.41, 5.74) is 0.726. The lowest BCUT2D eigenvalue weighted by molar-refractivity contribution is -0.0835. The molecule has 0 bridgehead atoms. The molecule has 1 heterocycles. The first-order valence-electron chi connectivity index (χ1n) is 9.30. The molecule has 0 aromatic heterocycles. The third kappa shape index (κ3) is 7.89. The van der Waals surface area contributed by atoms with Gasteiger partial charge < -0.3 is 15.4 Å². The van der Waals surface area contributed by atoms with E-state index in [1.807, 2.05) is 0 Å². The molecule has 0 saturated carbocycles. The molecule has 27 heavy (non-hydrogen) atoms. The lowest BCUT2D eigenvalue weighted by Gasteiger charge is -2.40. The number of nitrogens with one attached hydrogen (secondary N) is 2. The second-order valence-electron chi connectivity index (χ2n) is 7.97. The number of nitrogens with zero attached hydrogens (tertiary/aromatic N) is 1. The zero-order chi connectivity index (χ0) is 19.2. The summed E-state index contributed by atoms with van der Waals surface area (Å²) in [4.78, 5) is 4.23. The average Bonchev–Trinajstić information content (AvgIpc) is 2.56. The van der Waals surface area contributed by atoms with Gasteiger partial charge in [-0.05, 0) is 42.4 Å². The van der Waals surface area contributed by atoms with Crippen LogP contribution in [0.2, 0.25) is 0 Å². The van der Waals surface area contributed by atoms with E-state index < -0.39 is 11.6 Å². The van der Waals surface area contributed by atoms with Gasteiger partial charge in [0, 0.05) is 38.7 Å². The van der Waals surface area contributed by atoms with E-state index in [-0.39, 0.29) is 35.5 Å². The van der Waals surface area contributed by atoms with Crippen molar-refractivity contribution in [1.82, 2.24) is 10.6 Å². The van der Waals surface area contributed by atoms with E-state index in [4.69, 9.17) is 4.74 Å². The second kappa shape index (κ2) is 11.1. The SMILES string of the molecule is CN=C(NCCc1cc(F)cc(F)c1)NCC1CCCOC1C(C)(C)C.I. The van der Waals surface area contributed by atoms with Gasteiger partial charge in [0.2, 0.25) is 0 Å². The van der Waals surface area contributed by atoms with Gasteiger partial charge in [-0.2, -0.15) is 0 Å². The molecule has 1 saturated heterocycles. The van der Waals surface area contributed by atoms with E-state index in [0.717, 1.165) is 32.1 Å². The summed E-state index contributed by atoms with van der Waals surface area (Å²) in [5, 5.41) is 6.56. The quantitative estimate of drug-likeness (QED) is 0.367. The molecule has 7 heteroatoms. The Bertz CT molecular complexity index is 599. The highest BCUT2D eigenvalue weighted by molar-refractivity contribution is 14.0. The van der Waals surface area contributed by atoms with Gasteiger partial charge >= 0.3 is 0 Å². The van der Waals surface area contributed by atoms with Crippen LogP contribution >= 0.6 is 24.0 Å². The van der Waals surface area contributed by atoms with E-state index in [9.17, 15) is 8.78 Å². The van der Waals surface area contributed by atoms with Crippen LogP contribution in [0.5, 0.6) is 0 Å². The fourth-order valence-corrected chi connectivity index (χ4v) is 3.54. The Kier molecular flexibility index (Phi) is 9.94. The standard InChI is InChI=1S/C20H31F2N3O.HI/c1-20(2,3)18-15(6-5-9-26-18)13-25-19(23-4)24-8-7-14-10-16(21)12-17(22)11-14;/h10-12,15,18H,5-9,13H2,1-4H3,(H2,23,24,25);1H. The second-order valence-corrected chi connectivity index (χ2v) is 7.97. The van der Waals surface area contributed by atoms with E-state index in [0.29, 0.717) is 30.4 Å². The molecule has 1 aromatic rings. The lowest BCUT2D eigenvalue weighted by atomic mass is 9.78. The van der Waals surface area contributed by atoms with Gasteiger partial charge in [0.05, 0.1) is 6.10 Å². The summed E-state index contributed by atoms with van der Waals surface area (Å²) in [6.07, 6.45) is 2.95. The summed E-state index contributed by atoms with van der Waals surface area (Å²) in [7, 11) is 1.72. The Morgan fingerprint density at radius 2 is 1.85 bits per heavy atom. The summed E-state index contributed by atoms with van der Waals surface area (Å²) in [6.45, 7) is 8.79. The van der Waals surface area contributed by atoms with E-state index in [1.54, 1.807) is 7.05 Å². The van der Waals surface area contributed by atoms with Crippen LogP contribution in [-0.4, -0.2) is 38.8 Å². The van der Waals surface area contributed by atoms with Crippen molar-refractivity contribution < 1.29 is 13.5 Å². The molecule has 1 aliphatic rings. The number of hydrogen-bond acceptors (Lipinski definition) is 2. The summed E-state index contributed by atoms with van der Waals surface area (Å²) in [6, 6.07) is 3.60. The molecular weight excluding hydrogens is 463 g/mol. The number of guanidine groups is 1. The number of aliphatic imine (C=N–C) groups is 1.